The van der Waals surface area contributed by atoms with E-state index in [2.05, 4.69) is 15.3 Å². The Balaban J connectivity index is 2.11. The number of pyridine rings is 2. The predicted molar refractivity (Wildman–Crippen MR) is 68.0 cm³/mol. The van der Waals surface area contributed by atoms with Crippen LogP contribution in [0.25, 0.3) is 0 Å². The Morgan fingerprint density at radius 3 is 2.78 bits per heavy atom. The Morgan fingerprint density at radius 1 is 1.33 bits per heavy atom. The van der Waals surface area contributed by atoms with Gasteiger partial charge in [-0.05, 0) is 18.2 Å². The second kappa shape index (κ2) is 5.46. The van der Waals surface area contributed by atoms with Gasteiger partial charge in [-0.1, -0.05) is 17.7 Å². The Kier molecular flexibility index (Phi) is 3.74. The molecule has 2 aromatic heterocycles. The Labute approximate surface area is 109 Å². The highest BCUT2D eigenvalue weighted by Crippen LogP contribution is 2.12. The molecule has 1 amide bonds. The van der Waals surface area contributed by atoms with E-state index < -0.39 is 0 Å². The maximum absolute atomic E-state index is 11.8. The van der Waals surface area contributed by atoms with Crippen LogP contribution in [0.5, 0.6) is 5.88 Å². The van der Waals surface area contributed by atoms with Crippen LogP contribution < -0.4 is 10.1 Å². The quantitative estimate of drug-likeness (QED) is 0.864. The Bertz CT molecular complexity index is 558. The number of hydrogen-bond donors (Lipinski definition) is 1. The lowest BCUT2D eigenvalue weighted by Crippen LogP contribution is -2.13. The summed E-state index contributed by atoms with van der Waals surface area (Å²) >= 11 is 5.71. The summed E-state index contributed by atoms with van der Waals surface area (Å²) in [5, 5.41) is 2.93. The maximum Gasteiger partial charge on any atom is 0.274 e. The minimum Gasteiger partial charge on any atom is -0.481 e. The van der Waals surface area contributed by atoms with E-state index in [9.17, 15) is 4.79 Å². The average molecular weight is 264 g/mol. The van der Waals surface area contributed by atoms with Crippen molar-refractivity contribution >= 4 is 23.2 Å². The number of carbonyl (C=O) groups is 1. The topological polar surface area (TPSA) is 64.1 Å². The van der Waals surface area contributed by atoms with Crippen molar-refractivity contribution in [3.63, 3.8) is 0 Å². The molecule has 2 aromatic rings. The van der Waals surface area contributed by atoms with E-state index in [-0.39, 0.29) is 16.8 Å². The van der Waals surface area contributed by atoms with Gasteiger partial charge in [-0.15, -0.1) is 0 Å². The molecule has 0 saturated carbocycles. The van der Waals surface area contributed by atoms with Gasteiger partial charge in [-0.25, -0.2) is 9.97 Å². The number of nitrogens with zero attached hydrogens (tertiary/aromatic N) is 2. The predicted octanol–water partition coefficient (Wildman–Crippen LogP) is 2.39. The van der Waals surface area contributed by atoms with Gasteiger partial charge in [0.05, 0.1) is 19.0 Å². The van der Waals surface area contributed by atoms with E-state index in [4.69, 9.17) is 16.3 Å². The van der Waals surface area contributed by atoms with Gasteiger partial charge in [-0.3, -0.25) is 4.79 Å². The summed E-state index contributed by atoms with van der Waals surface area (Å²) in [5.41, 5.74) is 0.806. The Hall–Kier alpha value is -2.14. The van der Waals surface area contributed by atoms with Crippen molar-refractivity contribution in [1.29, 1.82) is 0 Å². The minimum absolute atomic E-state index is 0.248. The molecule has 0 bridgehead atoms. The van der Waals surface area contributed by atoms with Crippen LogP contribution in [-0.2, 0) is 0 Å². The van der Waals surface area contributed by atoms with Crippen LogP contribution in [0.2, 0.25) is 5.15 Å². The summed E-state index contributed by atoms with van der Waals surface area (Å²) in [6, 6.07) is 8.19. The Morgan fingerprint density at radius 2 is 2.17 bits per heavy atom. The van der Waals surface area contributed by atoms with Crippen LogP contribution >= 0.6 is 11.6 Å². The molecule has 6 heteroatoms. The third-order valence-corrected chi connectivity index (χ3v) is 2.36. The van der Waals surface area contributed by atoms with Crippen LogP contribution in [0.4, 0.5) is 5.69 Å². The zero-order valence-corrected chi connectivity index (χ0v) is 10.3. The number of methoxy groups -OCH3 is 1. The van der Waals surface area contributed by atoms with Gasteiger partial charge in [-0.2, -0.15) is 0 Å². The van der Waals surface area contributed by atoms with E-state index in [1.165, 1.54) is 13.3 Å². The summed E-state index contributed by atoms with van der Waals surface area (Å²) in [6.07, 6.45) is 1.50. The summed E-state index contributed by atoms with van der Waals surface area (Å²) in [6.45, 7) is 0. The van der Waals surface area contributed by atoms with E-state index in [1.54, 1.807) is 30.3 Å². The molecule has 0 spiro atoms. The van der Waals surface area contributed by atoms with Crippen molar-refractivity contribution in [2.75, 3.05) is 12.4 Å². The lowest BCUT2D eigenvalue weighted by atomic mass is 10.3. The van der Waals surface area contributed by atoms with Gasteiger partial charge >= 0.3 is 0 Å². The molecule has 0 fully saturated rings. The molecule has 2 rings (SSSR count). The molecule has 0 radical (unpaired) electrons. The van der Waals surface area contributed by atoms with E-state index >= 15 is 0 Å². The van der Waals surface area contributed by atoms with Gasteiger partial charge in [0.25, 0.3) is 5.91 Å². The van der Waals surface area contributed by atoms with E-state index in [0.717, 1.165) is 0 Å². The fourth-order valence-electron chi connectivity index (χ4n) is 1.30. The van der Waals surface area contributed by atoms with Gasteiger partial charge in [0.1, 0.15) is 10.8 Å². The summed E-state index contributed by atoms with van der Waals surface area (Å²) in [7, 11) is 1.52. The molecule has 0 unspecified atom stereocenters. The third kappa shape index (κ3) is 2.95. The molecule has 5 nitrogen and oxygen atoms in total. The number of ether oxygens (including phenoxy) is 1. The SMILES string of the molecule is COc1ccc(NC(=O)c2cccc(Cl)n2)cn1. The highest BCUT2D eigenvalue weighted by atomic mass is 35.5. The van der Waals surface area contributed by atoms with Crippen LogP contribution in [0, 0.1) is 0 Å². The number of aromatic nitrogens is 2. The molecule has 0 aliphatic rings. The summed E-state index contributed by atoms with van der Waals surface area (Å²) in [4.78, 5) is 19.7. The van der Waals surface area contributed by atoms with Crippen molar-refractivity contribution in [2.45, 2.75) is 0 Å². The van der Waals surface area contributed by atoms with Gasteiger partial charge in [0, 0.05) is 6.07 Å². The third-order valence-electron chi connectivity index (χ3n) is 2.15. The number of anilines is 1. The highest BCUT2D eigenvalue weighted by Gasteiger charge is 2.08. The molecule has 2 heterocycles. The summed E-state index contributed by atoms with van der Waals surface area (Å²) in [5.74, 6) is 0.137. The average Bonchev–Trinajstić information content (AvgIpc) is 2.39. The first-order valence-electron chi connectivity index (χ1n) is 5.13. The number of amides is 1. The fraction of sp³-hybridized carbons (Fsp3) is 0.0833. The number of rotatable bonds is 3. The zero-order valence-electron chi connectivity index (χ0n) is 9.55. The summed E-state index contributed by atoms with van der Waals surface area (Å²) < 4.78 is 4.92. The molecule has 0 aliphatic heterocycles. The van der Waals surface area contributed by atoms with E-state index in [1.807, 2.05) is 0 Å². The van der Waals surface area contributed by atoms with E-state index in [0.29, 0.717) is 11.6 Å². The van der Waals surface area contributed by atoms with Crippen molar-refractivity contribution in [1.82, 2.24) is 9.97 Å². The molecular weight excluding hydrogens is 254 g/mol. The number of halogens is 1. The second-order valence-corrected chi connectivity index (χ2v) is 3.78. The molecular formula is C12H10ClN3O2. The van der Waals surface area contributed by atoms with Crippen LogP contribution in [-0.4, -0.2) is 23.0 Å². The monoisotopic (exact) mass is 263 g/mol. The largest absolute Gasteiger partial charge is 0.481 e. The molecule has 0 aromatic carbocycles. The van der Waals surface area contributed by atoms with Gasteiger partial charge in [0.2, 0.25) is 5.88 Å². The molecule has 18 heavy (non-hydrogen) atoms. The van der Waals surface area contributed by atoms with Crippen LogP contribution in [0.15, 0.2) is 36.5 Å². The van der Waals surface area contributed by atoms with Crippen molar-refractivity contribution in [3.05, 3.63) is 47.4 Å². The van der Waals surface area contributed by atoms with Crippen LogP contribution in [0.3, 0.4) is 0 Å². The first kappa shape index (κ1) is 12.3. The number of carbonyl (C=O) groups excluding carboxylic acids is 1. The first-order chi connectivity index (χ1) is 8.69. The van der Waals surface area contributed by atoms with Gasteiger partial charge < -0.3 is 10.1 Å². The van der Waals surface area contributed by atoms with Gasteiger partial charge in [0.15, 0.2) is 0 Å². The smallest absolute Gasteiger partial charge is 0.274 e. The second-order valence-electron chi connectivity index (χ2n) is 3.39. The molecule has 0 aliphatic carbocycles. The van der Waals surface area contributed by atoms with Crippen molar-refractivity contribution in [2.24, 2.45) is 0 Å². The zero-order chi connectivity index (χ0) is 13.0. The molecule has 0 saturated heterocycles. The van der Waals surface area contributed by atoms with Crippen molar-refractivity contribution in [3.8, 4) is 5.88 Å². The first-order valence-corrected chi connectivity index (χ1v) is 5.51. The highest BCUT2D eigenvalue weighted by molar-refractivity contribution is 6.29. The van der Waals surface area contributed by atoms with Crippen molar-refractivity contribution < 1.29 is 9.53 Å². The molecule has 92 valence electrons. The fourth-order valence-corrected chi connectivity index (χ4v) is 1.47. The lowest BCUT2D eigenvalue weighted by Gasteiger charge is -2.05. The normalized spacial score (nSPS) is 9.89. The lowest BCUT2D eigenvalue weighted by molar-refractivity contribution is 0.102. The molecule has 1 N–H and O–H groups in total. The van der Waals surface area contributed by atoms with Crippen LogP contribution in [0.1, 0.15) is 10.5 Å². The molecule has 0 atom stereocenters. The standard InChI is InChI=1S/C12H10ClN3O2/c1-18-11-6-5-8(7-14-11)15-12(17)9-3-2-4-10(13)16-9/h2-7H,1H3,(H,15,17). The minimum atomic E-state index is -0.343. The maximum atomic E-state index is 11.8. The number of nitrogens with one attached hydrogen (secondary N) is 1. The number of hydrogen-bond acceptors (Lipinski definition) is 4.